The summed E-state index contributed by atoms with van der Waals surface area (Å²) in [6, 6.07) is 17.4. The second-order valence-corrected chi connectivity index (χ2v) is 8.16. The van der Waals surface area contributed by atoms with Crippen molar-refractivity contribution in [2.45, 2.75) is 50.6 Å². The normalized spacial score (nSPS) is 22.0. The largest absolute Gasteiger partial charge is 0.497 e. The summed E-state index contributed by atoms with van der Waals surface area (Å²) in [4.78, 5) is 28.0. The van der Waals surface area contributed by atoms with Gasteiger partial charge in [-0.15, -0.1) is 0 Å². The van der Waals surface area contributed by atoms with Gasteiger partial charge >= 0.3 is 0 Å². The summed E-state index contributed by atoms with van der Waals surface area (Å²) in [5, 5.41) is 3.23. The third-order valence-corrected chi connectivity index (χ3v) is 6.27. The van der Waals surface area contributed by atoms with Crippen LogP contribution in [-0.2, 0) is 9.59 Å². The van der Waals surface area contributed by atoms with Gasteiger partial charge in [0, 0.05) is 11.7 Å². The molecule has 2 aliphatic rings. The van der Waals surface area contributed by atoms with E-state index in [1.54, 1.807) is 12.0 Å². The van der Waals surface area contributed by atoms with Crippen molar-refractivity contribution in [3.8, 4) is 5.75 Å². The predicted octanol–water partition coefficient (Wildman–Crippen LogP) is 4.33. The molecule has 1 saturated heterocycles. The minimum absolute atomic E-state index is 0.0532. The zero-order chi connectivity index (χ0) is 21.1. The van der Waals surface area contributed by atoms with Gasteiger partial charge in [-0.05, 0) is 55.2 Å². The minimum Gasteiger partial charge on any atom is -0.497 e. The van der Waals surface area contributed by atoms with Gasteiger partial charge in [0.1, 0.15) is 5.75 Å². The van der Waals surface area contributed by atoms with Gasteiger partial charge in [0.25, 0.3) is 5.91 Å². The third kappa shape index (κ3) is 3.60. The molecule has 1 heterocycles. The van der Waals surface area contributed by atoms with E-state index >= 15 is 0 Å². The summed E-state index contributed by atoms with van der Waals surface area (Å²) in [6.07, 6.45) is 6.46. The van der Waals surface area contributed by atoms with Gasteiger partial charge in [0.2, 0.25) is 5.91 Å². The number of nitrogens with one attached hydrogen (secondary N) is 1. The number of carbonyl (C=O) groups excluding carboxylic acids is 2. The summed E-state index contributed by atoms with van der Waals surface area (Å²) in [6.45, 7) is 1.95. The van der Waals surface area contributed by atoms with Crippen LogP contribution in [0.4, 0.5) is 5.69 Å². The second kappa shape index (κ2) is 8.34. The molecule has 0 radical (unpaired) electrons. The Kier molecular flexibility index (Phi) is 5.62. The van der Waals surface area contributed by atoms with Crippen LogP contribution in [0.1, 0.15) is 44.6 Å². The molecule has 1 aliphatic carbocycles. The second-order valence-electron chi connectivity index (χ2n) is 8.16. The fourth-order valence-corrected chi connectivity index (χ4v) is 4.56. The first kappa shape index (κ1) is 20.2. The number of benzene rings is 2. The SMILES string of the molecule is COc1ccc(N2C(=O)CC2(C(=O)NC2CCCC2)C(C)=Cc2ccccc2)cc1. The van der Waals surface area contributed by atoms with Crippen molar-refractivity contribution >= 4 is 23.6 Å². The standard InChI is InChI=1S/C25H28N2O3/c1-18(16-19-8-4-3-5-9-19)25(24(29)26-20-10-6-7-11-20)17-23(28)27(25)21-12-14-22(30-2)15-13-21/h3-5,8-9,12-16,20H,6-7,10-11,17H2,1-2H3,(H,26,29). The molecule has 2 aromatic carbocycles. The Balaban J connectivity index is 1.73. The number of amides is 2. The van der Waals surface area contributed by atoms with Crippen LogP contribution >= 0.6 is 0 Å². The van der Waals surface area contributed by atoms with Gasteiger partial charge in [-0.25, -0.2) is 0 Å². The van der Waals surface area contributed by atoms with E-state index in [-0.39, 0.29) is 24.3 Å². The molecule has 1 N–H and O–H groups in total. The molecular formula is C25H28N2O3. The molecule has 5 heteroatoms. The van der Waals surface area contributed by atoms with E-state index < -0.39 is 5.54 Å². The molecule has 0 bridgehead atoms. The smallest absolute Gasteiger partial charge is 0.251 e. The average molecular weight is 405 g/mol. The first-order chi connectivity index (χ1) is 14.5. The Hall–Kier alpha value is -3.08. The molecule has 1 saturated carbocycles. The molecular weight excluding hydrogens is 376 g/mol. The van der Waals surface area contributed by atoms with Crippen LogP contribution < -0.4 is 15.0 Å². The first-order valence-electron chi connectivity index (χ1n) is 10.6. The molecule has 2 amide bonds. The number of rotatable bonds is 6. The van der Waals surface area contributed by atoms with Crippen molar-refractivity contribution in [3.05, 3.63) is 65.7 Å². The molecule has 30 heavy (non-hydrogen) atoms. The predicted molar refractivity (Wildman–Crippen MR) is 118 cm³/mol. The van der Waals surface area contributed by atoms with Crippen molar-refractivity contribution in [1.29, 1.82) is 0 Å². The highest BCUT2D eigenvalue weighted by molar-refractivity contribution is 6.16. The van der Waals surface area contributed by atoms with Crippen molar-refractivity contribution in [1.82, 2.24) is 5.32 Å². The van der Waals surface area contributed by atoms with Gasteiger partial charge in [-0.2, -0.15) is 0 Å². The molecule has 0 spiro atoms. The monoisotopic (exact) mass is 404 g/mol. The van der Waals surface area contributed by atoms with Crippen molar-refractivity contribution in [2.24, 2.45) is 0 Å². The highest BCUT2D eigenvalue weighted by Gasteiger charge is 2.58. The average Bonchev–Trinajstić information content (AvgIpc) is 3.25. The molecule has 1 aliphatic heterocycles. The van der Waals surface area contributed by atoms with Gasteiger partial charge < -0.3 is 10.1 Å². The third-order valence-electron chi connectivity index (χ3n) is 6.27. The number of nitrogens with zero attached hydrogens (tertiary/aromatic N) is 1. The van der Waals surface area contributed by atoms with Gasteiger partial charge in [0.05, 0.1) is 13.5 Å². The van der Waals surface area contributed by atoms with E-state index in [0.717, 1.165) is 36.8 Å². The zero-order valence-corrected chi connectivity index (χ0v) is 17.6. The maximum Gasteiger partial charge on any atom is 0.251 e. The van der Waals surface area contributed by atoms with Crippen molar-refractivity contribution in [3.63, 3.8) is 0 Å². The number of carbonyl (C=O) groups is 2. The van der Waals surface area contributed by atoms with Gasteiger partial charge in [-0.3, -0.25) is 14.5 Å². The molecule has 2 fully saturated rings. The van der Waals surface area contributed by atoms with Gasteiger partial charge in [-0.1, -0.05) is 49.2 Å². The van der Waals surface area contributed by atoms with Crippen LogP contribution in [0, 0.1) is 0 Å². The Bertz CT molecular complexity index is 946. The summed E-state index contributed by atoms with van der Waals surface area (Å²) in [7, 11) is 1.61. The van der Waals surface area contributed by atoms with Crippen LogP contribution in [-0.4, -0.2) is 30.5 Å². The molecule has 156 valence electrons. The lowest BCUT2D eigenvalue weighted by atomic mass is 9.75. The van der Waals surface area contributed by atoms with Gasteiger partial charge in [0.15, 0.2) is 5.54 Å². The fraction of sp³-hybridized carbons (Fsp3) is 0.360. The molecule has 0 aromatic heterocycles. The first-order valence-corrected chi connectivity index (χ1v) is 10.6. The van der Waals surface area contributed by atoms with Crippen LogP contribution in [0.15, 0.2) is 60.2 Å². The Labute approximate surface area is 177 Å². The molecule has 1 atom stereocenters. The fourth-order valence-electron chi connectivity index (χ4n) is 4.56. The molecule has 5 nitrogen and oxygen atoms in total. The number of β-lactam (4-membered cyclic amide) rings is 1. The Morgan fingerprint density at radius 2 is 1.77 bits per heavy atom. The van der Waals surface area contributed by atoms with Crippen molar-refractivity contribution in [2.75, 3.05) is 12.0 Å². The van der Waals surface area contributed by atoms with E-state index in [1.807, 2.05) is 67.6 Å². The summed E-state index contributed by atoms with van der Waals surface area (Å²) in [5.41, 5.74) is 1.57. The summed E-state index contributed by atoms with van der Waals surface area (Å²) in [5.74, 6) is 0.571. The van der Waals surface area contributed by atoms with Crippen LogP contribution in [0.3, 0.4) is 0 Å². The topological polar surface area (TPSA) is 58.6 Å². The van der Waals surface area contributed by atoms with Crippen LogP contribution in [0.2, 0.25) is 0 Å². The maximum atomic E-state index is 13.6. The van der Waals surface area contributed by atoms with E-state index in [0.29, 0.717) is 11.4 Å². The number of methoxy groups -OCH3 is 1. The van der Waals surface area contributed by atoms with E-state index in [4.69, 9.17) is 4.74 Å². The van der Waals surface area contributed by atoms with E-state index in [2.05, 4.69) is 5.32 Å². The molecule has 4 rings (SSSR count). The molecule has 1 unspecified atom stereocenters. The summed E-state index contributed by atoms with van der Waals surface area (Å²) < 4.78 is 5.25. The summed E-state index contributed by atoms with van der Waals surface area (Å²) >= 11 is 0. The molecule has 2 aromatic rings. The van der Waals surface area contributed by atoms with Crippen LogP contribution in [0.25, 0.3) is 6.08 Å². The lowest BCUT2D eigenvalue weighted by molar-refractivity contribution is -0.138. The number of ether oxygens (including phenoxy) is 1. The Morgan fingerprint density at radius 1 is 1.10 bits per heavy atom. The lowest BCUT2D eigenvalue weighted by Crippen LogP contribution is -2.72. The van der Waals surface area contributed by atoms with E-state index in [1.165, 1.54) is 0 Å². The number of hydrogen-bond acceptors (Lipinski definition) is 3. The maximum absolute atomic E-state index is 13.6. The highest BCUT2D eigenvalue weighted by atomic mass is 16.5. The van der Waals surface area contributed by atoms with Crippen molar-refractivity contribution < 1.29 is 14.3 Å². The minimum atomic E-state index is -1.01. The lowest BCUT2D eigenvalue weighted by Gasteiger charge is -2.51. The number of anilines is 1. The Morgan fingerprint density at radius 3 is 2.37 bits per heavy atom. The van der Waals surface area contributed by atoms with E-state index in [9.17, 15) is 9.59 Å². The van der Waals surface area contributed by atoms with Crippen LogP contribution in [0.5, 0.6) is 5.75 Å². The highest BCUT2D eigenvalue weighted by Crippen LogP contribution is 2.43. The zero-order valence-electron chi connectivity index (χ0n) is 17.6. The number of hydrogen-bond donors (Lipinski definition) is 1. The quantitative estimate of drug-likeness (QED) is 0.729.